The Morgan fingerprint density at radius 1 is 1.08 bits per heavy atom. The van der Waals surface area contributed by atoms with Crippen LogP contribution < -0.4 is 10.5 Å². The number of benzene rings is 2. The van der Waals surface area contributed by atoms with Crippen LogP contribution in [0, 0.1) is 13.8 Å². The second kappa shape index (κ2) is 7.05. The van der Waals surface area contributed by atoms with E-state index in [1.54, 1.807) is 0 Å². The van der Waals surface area contributed by atoms with Crippen LogP contribution in [0.2, 0.25) is 0 Å². The molecule has 4 nitrogen and oxygen atoms in total. The standard InChI is InChI=1S/C20H24N2O2/c1-14-7-6-8-15(2)20(14)24-13-19(23)22-11-17(18(21)12-22)16-9-4-3-5-10-16/h3-10,17-18H,11-13,21H2,1-2H3/t17-,18+/m0/s1. The van der Waals surface area contributed by atoms with E-state index in [1.165, 1.54) is 5.56 Å². The van der Waals surface area contributed by atoms with E-state index in [9.17, 15) is 4.79 Å². The summed E-state index contributed by atoms with van der Waals surface area (Å²) in [7, 11) is 0. The Bertz CT molecular complexity index is 695. The van der Waals surface area contributed by atoms with Gasteiger partial charge in [0.15, 0.2) is 6.61 Å². The summed E-state index contributed by atoms with van der Waals surface area (Å²) >= 11 is 0. The molecule has 1 fully saturated rings. The topological polar surface area (TPSA) is 55.6 Å². The summed E-state index contributed by atoms with van der Waals surface area (Å²) in [6.07, 6.45) is 0. The maximum atomic E-state index is 12.5. The van der Waals surface area contributed by atoms with Crippen LogP contribution in [0.1, 0.15) is 22.6 Å². The summed E-state index contributed by atoms with van der Waals surface area (Å²) in [6.45, 7) is 5.27. The molecule has 126 valence electrons. The molecule has 1 aliphatic heterocycles. The summed E-state index contributed by atoms with van der Waals surface area (Å²) in [6, 6.07) is 16.1. The summed E-state index contributed by atoms with van der Waals surface area (Å²) in [5.74, 6) is 0.982. The van der Waals surface area contributed by atoms with E-state index in [1.807, 2.05) is 55.1 Å². The summed E-state index contributed by atoms with van der Waals surface area (Å²) in [5.41, 5.74) is 9.54. The SMILES string of the molecule is Cc1cccc(C)c1OCC(=O)N1C[C@@H](N)[C@H](c2ccccc2)C1. The third-order valence-corrected chi connectivity index (χ3v) is 4.69. The molecular formula is C20H24N2O2. The lowest BCUT2D eigenvalue weighted by Gasteiger charge is -2.18. The zero-order valence-electron chi connectivity index (χ0n) is 14.2. The third-order valence-electron chi connectivity index (χ3n) is 4.69. The van der Waals surface area contributed by atoms with Gasteiger partial charge in [-0.2, -0.15) is 0 Å². The smallest absolute Gasteiger partial charge is 0.260 e. The van der Waals surface area contributed by atoms with E-state index >= 15 is 0 Å². The van der Waals surface area contributed by atoms with Gasteiger partial charge in [-0.15, -0.1) is 0 Å². The number of likely N-dealkylation sites (tertiary alicyclic amines) is 1. The monoisotopic (exact) mass is 324 g/mol. The fraction of sp³-hybridized carbons (Fsp3) is 0.350. The number of hydrogen-bond donors (Lipinski definition) is 1. The molecule has 1 amide bonds. The number of carbonyl (C=O) groups is 1. The first-order valence-electron chi connectivity index (χ1n) is 8.33. The van der Waals surface area contributed by atoms with Gasteiger partial charge < -0.3 is 15.4 Å². The van der Waals surface area contributed by atoms with E-state index in [0.29, 0.717) is 13.1 Å². The molecule has 1 aliphatic rings. The molecule has 0 bridgehead atoms. The van der Waals surface area contributed by atoms with E-state index in [4.69, 9.17) is 10.5 Å². The Labute approximate surface area is 143 Å². The van der Waals surface area contributed by atoms with Gasteiger partial charge in [0, 0.05) is 25.0 Å². The Hall–Kier alpha value is -2.33. The highest BCUT2D eigenvalue weighted by atomic mass is 16.5. The van der Waals surface area contributed by atoms with Gasteiger partial charge >= 0.3 is 0 Å². The lowest BCUT2D eigenvalue weighted by molar-refractivity contribution is -0.132. The predicted molar refractivity (Wildman–Crippen MR) is 95.1 cm³/mol. The van der Waals surface area contributed by atoms with E-state index < -0.39 is 0 Å². The second-order valence-electron chi connectivity index (χ2n) is 6.49. The molecule has 0 radical (unpaired) electrons. The number of nitrogens with two attached hydrogens (primary N) is 1. The van der Waals surface area contributed by atoms with Gasteiger partial charge in [0.25, 0.3) is 5.91 Å². The van der Waals surface area contributed by atoms with Crippen LogP contribution in [0.3, 0.4) is 0 Å². The normalized spacial score (nSPS) is 20.2. The summed E-state index contributed by atoms with van der Waals surface area (Å²) in [5, 5.41) is 0. The van der Waals surface area contributed by atoms with Crippen LogP contribution in [0.25, 0.3) is 0 Å². The Morgan fingerprint density at radius 3 is 2.42 bits per heavy atom. The molecule has 2 N–H and O–H groups in total. The molecule has 2 aromatic rings. The zero-order valence-corrected chi connectivity index (χ0v) is 14.2. The molecule has 3 rings (SSSR count). The molecule has 2 aromatic carbocycles. The van der Waals surface area contributed by atoms with Crippen molar-refractivity contribution < 1.29 is 9.53 Å². The minimum atomic E-state index is -0.0310. The largest absolute Gasteiger partial charge is 0.483 e. The van der Waals surface area contributed by atoms with Gasteiger partial charge in [-0.3, -0.25) is 4.79 Å². The van der Waals surface area contributed by atoms with Crippen LogP contribution in [-0.2, 0) is 4.79 Å². The van der Waals surface area contributed by atoms with E-state index in [0.717, 1.165) is 16.9 Å². The molecule has 1 heterocycles. The van der Waals surface area contributed by atoms with Crippen molar-refractivity contribution in [1.82, 2.24) is 4.90 Å². The highest BCUT2D eigenvalue weighted by molar-refractivity contribution is 5.78. The Kier molecular flexibility index (Phi) is 4.86. The van der Waals surface area contributed by atoms with Gasteiger partial charge in [0.2, 0.25) is 0 Å². The van der Waals surface area contributed by atoms with Gasteiger partial charge in [-0.05, 0) is 30.5 Å². The van der Waals surface area contributed by atoms with Crippen molar-refractivity contribution in [3.63, 3.8) is 0 Å². The average Bonchev–Trinajstić information content (AvgIpc) is 2.97. The molecule has 0 spiro atoms. The number of aryl methyl sites for hydroxylation is 2. The molecule has 24 heavy (non-hydrogen) atoms. The van der Waals surface area contributed by atoms with Crippen LogP contribution >= 0.6 is 0 Å². The van der Waals surface area contributed by atoms with Gasteiger partial charge in [0.1, 0.15) is 5.75 Å². The van der Waals surface area contributed by atoms with E-state index in [2.05, 4.69) is 12.1 Å². The number of para-hydroxylation sites is 1. The first kappa shape index (κ1) is 16.5. The number of amides is 1. The number of nitrogens with zero attached hydrogens (tertiary/aromatic N) is 1. The quantitative estimate of drug-likeness (QED) is 0.940. The van der Waals surface area contributed by atoms with Crippen LogP contribution in [0.15, 0.2) is 48.5 Å². The minimum Gasteiger partial charge on any atom is -0.483 e. The maximum absolute atomic E-state index is 12.5. The molecule has 2 atom stereocenters. The average molecular weight is 324 g/mol. The van der Waals surface area contributed by atoms with Crippen molar-refractivity contribution in [3.05, 3.63) is 65.2 Å². The third kappa shape index (κ3) is 3.44. The molecule has 4 heteroatoms. The van der Waals surface area contributed by atoms with Crippen molar-refractivity contribution in [1.29, 1.82) is 0 Å². The number of rotatable bonds is 4. The Morgan fingerprint density at radius 2 is 1.75 bits per heavy atom. The van der Waals surface area contributed by atoms with Crippen LogP contribution in [0.4, 0.5) is 0 Å². The fourth-order valence-corrected chi connectivity index (χ4v) is 3.34. The molecular weight excluding hydrogens is 300 g/mol. The summed E-state index contributed by atoms with van der Waals surface area (Å²) in [4.78, 5) is 14.3. The minimum absolute atomic E-state index is 0.00784. The fourth-order valence-electron chi connectivity index (χ4n) is 3.34. The highest BCUT2D eigenvalue weighted by Gasteiger charge is 2.33. The molecule has 0 aromatic heterocycles. The molecule has 1 saturated heterocycles. The van der Waals surface area contributed by atoms with Crippen molar-refractivity contribution in [2.24, 2.45) is 5.73 Å². The van der Waals surface area contributed by atoms with Crippen molar-refractivity contribution >= 4 is 5.91 Å². The van der Waals surface area contributed by atoms with E-state index in [-0.39, 0.29) is 24.5 Å². The number of ether oxygens (including phenoxy) is 1. The molecule has 0 aliphatic carbocycles. The first-order valence-corrected chi connectivity index (χ1v) is 8.33. The van der Waals surface area contributed by atoms with Gasteiger partial charge in [-0.1, -0.05) is 48.5 Å². The number of hydrogen-bond acceptors (Lipinski definition) is 3. The van der Waals surface area contributed by atoms with Crippen LogP contribution in [-0.4, -0.2) is 36.5 Å². The maximum Gasteiger partial charge on any atom is 0.260 e. The zero-order chi connectivity index (χ0) is 17.1. The number of carbonyl (C=O) groups excluding carboxylic acids is 1. The highest BCUT2D eigenvalue weighted by Crippen LogP contribution is 2.27. The lowest BCUT2D eigenvalue weighted by atomic mass is 9.95. The predicted octanol–water partition coefficient (Wildman–Crippen LogP) is 2.64. The van der Waals surface area contributed by atoms with Gasteiger partial charge in [0.05, 0.1) is 0 Å². The first-order chi connectivity index (χ1) is 11.6. The van der Waals surface area contributed by atoms with Crippen molar-refractivity contribution in [2.75, 3.05) is 19.7 Å². The van der Waals surface area contributed by atoms with Crippen molar-refractivity contribution in [2.45, 2.75) is 25.8 Å². The lowest BCUT2D eigenvalue weighted by Crippen LogP contribution is -2.35. The molecule has 0 saturated carbocycles. The van der Waals surface area contributed by atoms with Crippen LogP contribution in [0.5, 0.6) is 5.75 Å². The molecule has 0 unspecified atom stereocenters. The Balaban J connectivity index is 1.62. The summed E-state index contributed by atoms with van der Waals surface area (Å²) < 4.78 is 5.79. The van der Waals surface area contributed by atoms with Gasteiger partial charge in [-0.25, -0.2) is 0 Å². The van der Waals surface area contributed by atoms with Crippen molar-refractivity contribution in [3.8, 4) is 5.75 Å². The second-order valence-corrected chi connectivity index (χ2v) is 6.49.